The maximum Gasteiger partial charge on any atom is 0.310 e. The lowest BCUT2D eigenvalue weighted by Gasteiger charge is -2.05. The third-order valence-electron chi connectivity index (χ3n) is 3.71. The van der Waals surface area contributed by atoms with Gasteiger partial charge in [-0.05, 0) is 29.8 Å². The van der Waals surface area contributed by atoms with E-state index in [0.717, 1.165) is 0 Å². The van der Waals surface area contributed by atoms with Gasteiger partial charge in [0.25, 0.3) is 11.6 Å². The monoisotopic (exact) mass is 387 g/mol. The summed E-state index contributed by atoms with van der Waals surface area (Å²) in [6.07, 6.45) is -0.135. The Morgan fingerprint density at radius 2 is 1.96 bits per heavy atom. The summed E-state index contributed by atoms with van der Waals surface area (Å²) in [4.78, 5) is 22.0. The molecule has 0 saturated heterocycles. The number of esters is 1. The summed E-state index contributed by atoms with van der Waals surface area (Å²) in [7, 11) is 1.35. The average Bonchev–Trinajstić information content (AvgIpc) is 3.16. The molecule has 0 amide bonds. The van der Waals surface area contributed by atoms with Crippen LogP contribution >= 0.6 is 0 Å². The minimum atomic E-state index is -0.598. The Morgan fingerprint density at radius 3 is 2.61 bits per heavy atom. The van der Waals surface area contributed by atoms with Gasteiger partial charge in [-0.1, -0.05) is 6.07 Å². The standard InChI is InChI=1S/C18H14FN3O6/c1-26-15-7-2-11(8-14(15)19)9-17(23)27-10-16-20-21-18(28-16)12-3-5-13(6-4-12)22(24)25/h2-8H,9-10H2,1H3. The van der Waals surface area contributed by atoms with Crippen molar-refractivity contribution in [2.75, 3.05) is 7.11 Å². The van der Waals surface area contributed by atoms with Crippen LogP contribution in [0.25, 0.3) is 11.5 Å². The molecule has 1 aromatic heterocycles. The fourth-order valence-corrected chi connectivity index (χ4v) is 2.33. The first-order chi connectivity index (χ1) is 13.5. The minimum absolute atomic E-state index is 0.0580. The molecule has 3 rings (SSSR count). The summed E-state index contributed by atoms with van der Waals surface area (Å²) in [5.41, 5.74) is 0.858. The van der Waals surface area contributed by atoms with Crippen LogP contribution in [0.3, 0.4) is 0 Å². The molecule has 0 unspecified atom stereocenters. The lowest BCUT2D eigenvalue weighted by atomic mass is 10.1. The Balaban J connectivity index is 1.57. The van der Waals surface area contributed by atoms with Gasteiger partial charge < -0.3 is 13.9 Å². The molecule has 2 aromatic carbocycles. The van der Waals surface area contributed by atoms with Gasteiger partial charge in [0.15, 0.2) is 18.2 Å². The fourth-order valence-electron chi connectivity index (χ4n) is 2.33. The number of rotatable bonds is 7. The highest BCUT2D eigenvalue weighted by Gasteiger charge is 2.14. The van der Waals surface area contributed by atoms with Gasteiger partial charge in [-0.15, -0.1) is 10.2 Å². The highest BCUT2D eigenvalue weighted by molar-refractivity contribution is 5.72. The van der Waals surface area contributed by atoms with Crippen LogP contribution < -0.4 is 4.74 Å². The van der Waals surface area contributed by atoms with Crippen molar-refractivity contribution in [3.05, 3.63) is 69.9 Å². The number of nitro groups is 1. The SMILES string of the molecule is COc1ccc(CC(=O)OCc2nnc(-c3ccc([N+](=O)[O-])cc3)o2)cc1F. The number of halogens is 1. The van der Waals surface area contributed by atoms with Crippen molar-refractivity contribution >= 4 is 11.7 Å². The van der Waals surface area contributed by atoms with E-state index in [-0.39, 0.29) is 36.2 Å². The molecule has 0 spiro atoms. The molecule has 0 N–H and O–H groups in total. The quantitative estimate of drug-likeness (QED) is 0.345. The normalized spacial score (nSPS) is 10.5. The van der Waals surface area contributed by atoms with Gasteiger partial charge in [-0.25, -0.2) is 4.39 Å². The van der Waals surface area contributed by atoms with Crippen LogP contribution in [0.1, 0.15) is 11.5 Å². The summed E-state index contributed by atoms with van der Waals surface area (Å²) in [6, 6.07) is 9.74. The summed E-state index contributed by atoms with van der Waals surface area (Å²) in [5, 5.41) is 18.2. The van der Waals surface area contributed by atoms with Crippen LogP contribution in [0.5, 0.6) is 5.75 Å². The van der Waals surface area contributed by atoms with E-state index in [2.05, 4.69) is 10.2 Å². The van der Waals surface area contributed by atoms with Crippen molar-refractivity contribution in [1.29, 1.82) is 0 Å². The van der Waals surface area contributed by atoms with Gasteiger partial charge in [0.2, 0.25) is 5.89 Å². The Labute approximate surface area is 157 Å². The molecule has 0 atom stereocenters. The number of hydrogen-bond acceptors (Lipinski definition) is 8. The zero-order valence-corrected chi connectivity index (χ0v) is 14.6. The van der Waals surface area contributed by atoms with E-state index < -0.39 is 16.7 Å². The van der Waals surface area contributed by atoms with Gasteiger partial charge in [0, 0.05) is 17.7 Å². The maximum absolute atomic E-state index is 13.6. The third kappa shape index (κ3) is 4.47. The number of ether oxygens (including phenoxy) is 2. The minimum Gasteiger partial charge on any atom is -0.494 e. The average molecular weight is 387 g/mol. The van der Waals surface area contributed by atoms with E-state index >= 15 is 0 Å². The van der Waals surface area contributed by atoms with Gasteiger partial charge in [0.1, 0.15) is 0 Å². The van der Waals surface area contributed by atoms with Crippen molar-refractivity contribution in [1.82, 2.24) is 10.2 Å². The second-order valence-corrected chi connectivity index (χ2v) is 5.61. The van der Waals surface area contributed by atoms with Crippen LogP contribution in [0.15, 0.2) is 46.9 Å². The van der Waals surface area contributed by atoms with Crippen molar-refractivity contribution in [3.63, 3.8) is 0 Å². The molecule has 0 saturated carbocycles. The van der Waals surface area contributed by atoms with Crippen molar-refractivity contribution in [2.24, 2.45) is 0 Å². The van der Waals surface area contributed by atoms with Gasteiger partial charge in [-0.3, -0.25) is 14.9 Å². The molecule has 144 valence electrons. The number of hydrogen-bond donors (Lipinski definition) is 0. The summed E-state index contributed by atoms with van der Waals surface area (Å²) < 4.78 is 28.9. The Bertz CT molecular complexity index is 1000. The highest BCUT2D eigenvalue weighted by Crippen LogP contribution is 2.22. The van der Waals surface area contributed by atoms with Crippen LogP contribution in [-0.2, 0) is 22.6 Å². The molecule has 0 aliphatic rings. The Kier molecular flexibility index (Phi) is 5.58. The number of benzene rings is 2. The molecule has 1 heterocycles. The van der Waals surface area contributed by atoms with Crippen molar-refractivity contribution in [2.45, 2.75) is 13.0 Å². The zero-order valence-electron chi connectivity index (χ0n) is 14.6. The first-order valence-electron chi connectivity index (χ1n) is 8.01. The summed E-state index contributed by atoms with van der Waals surface area (Å²) >= 11 is 0. The van der Waals surface area contributed by atoms with E-state index in [4.69, 9.17) is 13.9 Å². The molecule has 0 aliphatic carbocycles. The van der Waals surface area contributed by atoms with Crippen molar-refractivity contribution < 1.29 is 28.0 Å². The van der Waals surface area contributed by atoms with E-state index in [1.165, 1.54) is 43.5 Å². The Hall–Kier alpha value is -3.82. The number of carbonyl (C=O) groups is 1. The maximum atomic E-state index is 13.6. The van der Waals surface area contributed by atoms with E-state index in [1.54, 1.807) is 6.07 Å². The highest BCUT2D eigenvalue weighted by atomic mass is 19.1. The predicted molar refractivity (Wildman–Crippen MR) is 92.8 cm³/mol. The number of aromatic nitrogens is 2. The lowest BCUT2D eigenvalue weighted by Crippen LogP contribution is -2.08. The molecule has 10 heteroatoms. The number of methoxy groups -OCH3 is 1. The molecule has 0 radical (unpaired) electrons. The topological polar surface area (TPSA) is 118 Å². The van der Waals surface area contributed by atoms with Gasteiger partial charge in [0.05, 0.1) is 18.5 Å². The molecular weight excluding hydrogens is 373 g/mol. The molecular formula is C18H14FN3O6. The lowest BCUT2D eigenvalue weighted by molar-refractivity contribution is -0.384. The zero-order chi connectivity index (χ0) is 20.1. The van der Waals surface area contributed by atoms with Crippen molar-refractivity contribution in [3.8, 4) is 17.2 Å². The smallest absolute Gasteiger partial charge is 0.310 e. The molecule has 0 aliphatic heterocycles. The van der Waals surface area contributed by atoms with Gasteiger partial charge in [-0.2, -0.15) is 0 Å². The van der Waals surface area contributed by atoms with E-state index in [0.29, 0.717) is 11.1 Å². The predicted octanol–water partition coefficient (Wildman–Crippen LogP) is 3.08. The molecule has 9 nitrogen and oxygen atoms in total. The van der Waals surface area contributed by atoms with E-state index in [1.807, 2.05) is 0 Å². The summed E-state index contributed by atoms with van der Waals surface area (Å²) in [6.45, 7) is -0.253. The van der Waals surface area contributed by atoms with Crippen LogP contribution in [0, 0.1) is 15.9 Å². The van der Waals surface area contributed by atoms with Gasteiger partial charge >= 0.3 is 5.97 Å². The first-order valence-corrected chi connectivity index (χ1v) is 8.01. The molecule has 3 aromatic rings. The number of nitro benzene ring substituents is 1. The van der Waals surface area contributed by atoms with Crippen LogP contribution in [0.4, 0.5) is 10.1 Å². The second kappa shape index (κ2) is 8.25. The molecule has 0 fully saturated rings. The third-order valence-corrected chi connectivity index (χ3v) is 3.71. The number of nitrogens with zero attached hydrogens (tertiary/aromatic N) is 3. The molecule has 28 heavy (non-hydrogen) atoms. The summed E-state index contributed by atoms with van der Waals surface area (Å²) in [5.74, 6) is -0.889. The molecule has 0 bridgehead atoms. The first kappa shape index (κ1) is 19.0. The van der Waals surface area contributed by atoms with E-state index in [9.17, 15) is 19.3 Å². The number of non-ortho nitro benzene ring substituents is 1. The van der Waals surface area contributed by atoms with Crippen LogP contribution in [-0.4, -0.2) is 28.2 Å². The Morgan fingerprint density at radius 1 is 1.21 bits per heavy atom. The fraction of sp³-hybridized carbons (Fsp3) is 0.167. The second-order valence-electron chi connectivity index (χ2n) is 5.61. The van der Waals surface area contributed by atoms with Crippen LogP contribution in [0.2, 0.25) is 0 Å². The number of carbonyl (C=O) groups excluding carboxylic acids is 1. The largest absolute Gasteiger partial charge is 0.494 e.